The van der Waals surface area contributed by atoms with E-state index in [-0.39, 0.29) is 46.8 Å². The first-order chi connectivity index (χ1) is 9.43. The summed E-state index contributed by atoms with van der Waals surface area (Å²) in [4.78, 5) is 22.5. The second kappa shape index (κ2) is 6.76. The number of benzene rings is 2. The number of carbonyl (C=O) groups is 2. The van der Waals surface area contributed by atoms with Crippen LogP contribution >= 0.6 is 0 Å². The van der Waals surface area contributed by atoms with Gasteiger partial charge < -0.3 is 15.6 Å². The maximum Gasteiger partial charge on any atom is 1.00 e. The standard InChI is InChI=1S/C15H12NO4.Na/c1-8(16)13(15(19)20)11-6-7-12(14(17)18)10-5-3-2-4-9(10)11;/h2-7,16H,1H3,(H,17,18)(H,19,20);/q-1;+1. The molecule has 0 saturated heterocycles. The number of hydrogen-bond donors (Lipinski definition) is 3. The molecule has 0 aliphatic heterocycles. The number of carboxylic acid groups (broad SMARTS) is 2. The largest absolute Gasteiger partial charge is 1.00 e. The van der Waals surface area contributed by atoms with E-state index in [0.29, 0.717) is 16.3 Å². The Hall–Kier alpha value is -1.82. The molecule has 0 heterocycles. The molecule has 0 bridgehead atoms. The number of aromatic carboxylic acids is 1. The zero-order valence-electron chi connectivity index (χ0n) is 11.7. The molecule has 2 rings (SSSR count). The Morgan fingerprint density at radius 1 is 1.05 bits per heavy atom. The van der Waals surface area contributed by atoms with Gasteiger partial charge in [-0.05, 0) is 18.6 Å². The Bertz CT molecular complexity index is 713. The Labute approximate surface area is 143 Å². The molecule has 0 amide bonds. The summed E-state index contributed by atoms with van der Waals surface area (Å²) in [7, 11) is 0. The molecule has 0 aliphatic rings. The van der Waals surface area contributed by atoms with Crippen LogP contribution in [-0.4, -0.2) is 27.9 Å². The molecule has 21 heavy (non-hydrogen) atoms. The van der Waals surface area contributed by atoms with Crippen LogP contribution in [0, 0.1) is 11.3 Å². The summed E-state index contributed by atoms with van der Waals surface area (Å²) in [6, 6.07) is 9.48. The maximum absolute atomic E-state index is 11.3. The van der Waals surface area contributed by atoms with E-state index in [1.54, 1.807) is 24.3 Å². The number of carboxylic acids is 2. The molecule has 0 spiro atoms. The van der Waals surface area contributed by atoms with Crippen molar-refractivity contribution in [3.63, 3.8) is 0 Å². The van der Waals surface area contributed by atoms with Gasteiger partial charge in [-0.1, -0.05) is 23.6 Å². The van der Waals surface area contributed by atoms with E-state index < -0.39 is 11.9 Å². The van der Waals surface area contributed by atoms with E-state index in [4.69, 9.17) is 10.5 Å². The van der Waals surface area contributed by atoms with Crippen LogP contribution in [-0.2, 0) is 4.79 Å². The van der Waals surface area contributed by atoms with E-state index in [1.165, 1.54) is 19.1 Å². The molecule has 102 valence electrons. The summed E-state index contributed by atoms with van der Waals surface area (Å²) >= 11 is 0. The fraction of sp³-hybridized carbons (Fsp3) is 0.0667. The smallest absolute Gasteiger partial charge is 0.487 e. The van der Waals surface area contributed by atoms with E-state index in [1.807, 2.05) is 0 Å². The predicted molar refractivity (Wildman–Crippen MR) is 74.3 cm³/mol. The van der Waals surface area contributed by atoms with Crippen molar-refractivity contribution in [1.82, 2.24) is 0 Å². The van der Waals surface area contributed by atoms with Gasteiger partial charge in [0, 0.05) is 5.56 Å². The molecule has 0 atom stereocenters. The zero-order valence-corrected chi connectivity index (χ0v) is 13.7. The van der Waals surface area contributed by atoms with E-state index in [2.05, 4.69) is 0 Å². The summed E-state index contributed by atoms with van der Waals surface area (Å²) in [5.74, 6) is -2.40. The van der Waals surface area contributed by atoms with Gasteiger partial charge in [0.15, 0.2) is 0 Å². The van der Waals surface area contributed by atoms with Crippen molar-refractivity contribution in [3.8, 4) is 0 Å². The van der Waals surface area contributed by atoms with Crippen molar-refractivity contribution in [3.05, 3.63) is 53.4 Å². The van der Waals surface area contributed by atoms with Gasteiger partial charge in [-0.3, -0.25) is 4.79 Å². The van der Waals surface area contributed by atoms with Gasteiger partial charge in [-0.2, -0.15) is 11.6 Å². The van der Waals surface area contributed by atoms with Crippen LogP contribution in [0.5, 0.6) is 0 Å². The summed E-state index contributed by atoms with van der Waals surface area (Å²) in [6.07, 6.45) is 0. The fourth-order valence-corrected chi connectivity index (χ4v) is 2.18. The molecule has 2 aromatic carbocycles. The minimum atomic E-state index is -1.20. The summed E-state index contributed by atoms with van der Waals surface area (Å²) in [5, 5.41) is 27.0. The Balaban J connectivity index is 0.00000220. The van der Waals surface area contributed by atoms with Crippen molar-refractivity contribution < 1.29 is 49.4 Å². The molecular formula is C15H12NNaO4. The quantitative estimate of drug-likeness (QED) is 0.405. The number of aliphatic carboxylic acids is 1. The molecule has 6 heteroatoms. The minimum absolute atomic E-state index is 0. The molecule has 2 aromatic rings. The van der Waals surface area contributed by atoms with E-state index >= 15 is 0 Å². The monoisotopic (exact) mass is 293 g/mol. The van der Waals surface area contributed by atoms with Crippen LogP contribution in [0.25, 0.3) is 10.8 Å². The number of fused-ring (bicyclic) bond motifs is 1. The number of hydrogen-bond acceptors (Lipinski definition) is 3. The van der Waals surface area contributed by atoms with Crippen molar-refractivity contribution in [1.29, 1.82) is 5.41 Å². The van der Waals surface area contributed by atoms with E-state index in [9.17, 15) is 14.7 Å². The molecule has 0 radical (unpaired) electrons. The third-order valence-corrected chi connectivity index (χ3v) is 3.01. The zero-order chi connectivity index (χ0) is 14.9. The Morgan fingerprint density at radius 2 is 1.62 bits per heavy atom. The van der Waals surface area contributed by atoms with Crippen molar-refractivity contribution in [2.24, 2.45) is 0 Å². The molecule has 5 nitrogen and oxygen atoms in total. The normalized spacial score (nSPS) is 9.76. The summed E-state index contributed by atoms with van der Waals surface area (Å²) < 4.78 is 0. The summed E-state index contributed by atoms with van der Waals surface area (Å²) in [5.41, 5.74) is 0.382. The third kappa shape index (κ3) is 3.26. The average molecular weight is 293 g/mol. The maximum atomic E-state index is 11.3. The predicted octanol–water partition coefficient (Wildman–Crippen LogP) is -0.411. The van der Waals surface area contributed by atoms with Gasteiger partial charge >= 0.3 is 35.5 Å². The molecule has 0 aromatic heterocycles. The second-order valence-electron chi connectivity index (χ2n) is 4.32. The molecule has 3 N–H and O–H groups in total. The topological polar surface area (TPSA) is 98.5 Å². The van der Waals surface area contributed by atoms with Crippen LogP contribution in [0.2, 0.25) is 0 Å². The fourth-order valence-electron chi connectivity index (χ4n) is 2.18. The van der Waals surface area contributed by atoms with E-state index in [0.717, 1.165) is 0 Å². The van der Waals surface area contributed by atoms with Crippen LogP contribution in [0.4, 0.5) is 0 Å². The van der Waals surface area contributed by atoms with Gasteiger partial charge in [0.1, 0.15) is 0 Å². The van der Waals surface area contributed by atoms with Crippen molar-refractivity contribution in [2.45, 2.75) is 6.92 Å². The average Bonchev–Trinajstić information content (AvgIpc) is 2.37. The molecule has 0 aliphatic carbocycles. The van der Waals surface area contributed by atoms with Gasteiger partial charge in [0.25, 0.3) is 5.97 Å². The van der Waals surface area contributed by atoms with Gasteiger partial charge in [0.2, 0.25) is 0 Å². The van der Waals surface area contributed by atoms with Crippen LogP contribution in [0.15, 0.2) is 36.4 Å². The molecule has 0 unspecified atom stereocenters. The Kier molecular flexibility index (Phi) is 5.54. The van der Waals surface area contributed by atoms with Crippen LogP contribution in [0.3, 0.4) is 0 Å². The van der Waals surface area contributed by atoms with Crippen LogP contribution < -0.4 is 29.6 Å². The van der Waals surface area contributed by atoms with Crippen LogP contribution in [0.1, 0.15) is 22.8 Å². The SMILES string of the molecule is CC(=N)[C-](C(=O)O)c1ccc(C(=O)O)c2ccccc12.[Na+]. The number of nitrogens with one attached hydrogen (secondary N) is 1. The Morgan fingerprint density at radius 3 is 2.10 bits per heavy atom. The second-order valence-corrected chi connectivity index (χ2v) is 4.32. The molecular weight excluding hydrogens is 281 g/mol. The summed E-state index contributed by atoms with van der Waals surface area (Å²) in [6.45, 7) is 1.39. The third-order valence-electron chi connectivity index (χ3n) is 3.01. The van der Waals surface area contributed by atoms with Gasteiger partial charge in [-0.25, -0.2) is 4.79 Å². The first kappa shape index (κ1) is 17.2. The molecule has 0 fully saturated rings. The first-order valence-corrected chi connectivity index (χ1v) is 5.84. The van der Waals surface area contributed by atoms with Gasteiger partial charge in [0.05, 0.1) is 0 Å². The van der Waals surface area contributed by atoms with Crippen molar-refractivity contribution >= 4 is 28.4 Å². The van der Waals surface area contributed by atoms with Crippen molar-refractivity contribution in [2.75, 3.05) is 0 Å². The van der Waals surface area contributed by atoms with Gasteiger partial charge in [-0.15, -0.1) is 17.5 Å². The first-order valence-electron chi connectivity index (χ1n) is 5.84. The number of rotatable bonds is 4. The molecule has 0 saturated carbocycles. The minimum Gasteiger partial charge on any atom is -0.487 e.